The van der Waals surface area contributed by atoms with E-state index < -0.39 is 0 Å². The van der Waals surface area contributed by atoms with Crippen LogP contribution in [0.1, 0.15) is 23.6 Å². The molecule has 1 heterocycles. The van der Waals surface area contributed by atoms with Gasteiger partial charge in [0.2, 0.25) is 0 Å². The molecule has 1 aromatic rings. The average Bonchev–Trinajstić information content (AvgIpc) is 2.34. The van der Waals surface area contributed by atoms with Gasteiger partial charge in [0.05, 0.1) is 12.2 Å². The zero-order valence-corrected chi connectivity index (χ0v) is 10.5. The zero-order valence-electron chi connectivity index (χ0n) is 10.5. The first kappa shape index (κ1) is 11.7. The summed E-state index contributed by atoms with van der Waals surface area (Å²) in [5.41, 5.74) is 5.36. The Kier molecular flexibility index (Phi) is 3.18. The number of rotatable bonds is 2. The van der Waals surface area contributed by atoms with Crippen LogP contribution < -0.4 is 5.32 Å². The summed E-state index contributed by atoms with van der Waals surface area (Å²) >= 11 is 0. The maximum absolute atomic E-state index is 11.6. The number of nitrogens with one attached hydrogen (secondary N) is 1. The number of hydrogen-bond acceptors (Lipinski definition) is 3. The van der Waals surface area contributed by atoms with E-state index in [1.54, 1.807) is 0 Å². The second-order valence-electron chi connectivity index (χ2n) is 4.22. The normalized spacial score (nSPS) is 13.5. The van der Waals surface area contributed by atoms with Gasteiger partial charge in [-0.3, -0.25) is 0 Å². The molecule has 17 heavy (non-hydrogen) atoms. The number of benzene rings is 1. The lowest BCUT2D eigenvalue weighted by Crippen LogP contribution is -2.19. The van der Waals surface area contributed by atoms with Crippen LogP contribution in [0, 0.1) is 13.8 Å². The number of anilines is 1. The molecule has 0 aliphatic carbocycles. The summed E-state index contributed by atoms with van der Waals surface area (Å²) < 4.78 is 5.00. The molecular weight excluding hydrogens is 214 g/mol. The van der Waals surface area contributed by atoms with E-state index in [0.717, 1.165) is 11.3 Å². The van der Waals surface area contributed by atoms with Crippen molar-refractivity contribution in [1.82, 2.24) is 0 Å². The van der Waals surface area contributed by atoms with Gasteiger partial charge in [0.15, 0.2) is 0 Å². The van der Waals surface area contributed by atoms with Gasteiger partial charge >= 0.3 is 5.97 Å². The van der Waals surface area contributed by atoms with Crippen LogP contribution in [0.4, 0.5) is 5.69 Å². The van der Waals surface area contributed by atoms with Crippen molar-refractivity contribution in [2.75, 3.05) is 18.5 Å². The number of ether oxygens (including phenoxy) is 1. The summed E-state index contributed by atoms with van der Waals surface area (Å²) in [5.74, 6) is -0.233. The lowest BCUT2D eigenvalue weighted by atomic mass is 9.98. The molecule has 0 radical (unpaired) electrons. The fraction of sp³-hybridized carbons (Fsp3) is 0.357. The Morgan fingerprint density at radius 3 is 2.88 bits per heavy atom. The Hall–Kier alpha value is -1.77. The largest absolute Gasteiger partial charge is 0.463 e. The Balaban J connectivity index is 2.36. The van der Waals surface area contributed by atoms with Gasteiger partial charge in [-0.05, 0) is 43.5 Å². The van der Waals surface area contributed by atoms with Crippen LogP contribution in [-0.2, 0) is 9.53 Å². The zero-order chi connectivity index (χ0) is 12.4. The molecule has 0 unspecified atom stereocenters. The molecule has 90 valence electrons. The summed E-state index contributed by atoms with van der Waals surface area (Å²) in [4.78, 5) is 11.6. The van der Waals surface area contributed by atoms with Crippen LogP contribution >= 0.6 is 0 Å². The van der Waals surface area contributed by atoms with Crippen LogP contribution in [0.5, 0.6) is 0 Å². The summed E-state index contributed by atoms with van der Waals surface area (Å²) in [5, 5.41) is 3.29. The van der Waals surface area contributed by atoms with E-state index in [-0.39, 0.29) is 5.97 Å². The minimum atomic E-state index is -0.233. The van der Waals surface area contributed by atoms with Crippen molar-refractivity contribution in [3.05, 3.63) is 34.4 Å². The number of esters is 1. The van der Waals surface area contributed by atoms with Crippen molar-refractivity contribution in [2.45, 2.75) is 20.8 Å². The van der Waals surface area contributed by atoms with E-state index in [1.807, 2.05) is 19.1 Å². The van der Waals surface area contributed by atoms with Crippen molar-refractivity contribution in [3.8, 4) is 0 Å². The quantitative estimate of drug-likeness (QED) is 0.795. The lowest BCUT2D eigenvalue weighted by Gasteiger charge is -2.20. The monoisotopic (exact) mass is 231 g/mol. The molecule has 0 atom stereocenters. The second kappa shape index (κ2) is 4.62. The van der Waals surface area contributed by atoms with Crippen molar-refractivity contribution in [2.24, 2.45) is 0 Å². The average molecular weight is 231 g/mol. The molecule has 0 saturated carbocycles. The number of hydrogen-bond donors (Lipinski definition) is 1. The summed E-state index contributed by atoms with van der Waals surface area (Å²) in [6.07, 6.45) is 1.91. The summed E-state index contributed by atoms with van der Waals surface area (Å²) in [6, 6.07) is 4.10. The van der Waals surface area contributed by atoms with Gasteiger partial charge < -0.3 is 10.1 Å². The maximum atomic E-state index is 11.6. The van der Waals surface area contributed by atoms with Gasteiger partial charge in [-0.1, -0.05) is 12.1 Å². The first-order valence-corrected chi connectivity index (χ1v) is 5.85. The SMILES string of the molecule is CCOC(=O)C1=Cc2ccc(C)c(C)c2NC1. The molecule has 2 rings (SSSR count). The Bertz CT molecular complexity index is 489. The second-order valence-corrected chi connectivity index (χ2v) is 4.22. The maximum Gasteiger partial charge on any atom is 0.335 e. The lowest BCUT2D eigenvalue weighted by molar-refractivity contribution is -0.138. The van der Waals surface area contributed by atoms with Gasteiger partial charge in [-0.2, -0.15) is 0 Å². The third-order valence-corrected chi connectivity index (χ3v) is 3.09. The topological polar surface area (TPSA) is 38.3 Å². The smallest absolute Gasteiger partial charge is 0.335 e. The third kappa shape index (κ3) is 2.18. The van der Waals surface area contributed by atoms with E-state index in [9.17, 15) is 4.79 Å². The third-order valence-electron chi connectivity index (χ3n) is 3.09. The molecular formula is C14H17NO2. The highest BCUT2D eigenvalue weighted by atomic mass is 16.5. The van der Waals surface area contributed by atoms with E-state index >= 15 is 0 Å². The van der Waals surface area contributed by atoms with Gasteiger partial charge in [-0.25, -0.2) is 4.79 Å². The molecule has 0 spiro atoms. The fourth-order valence-electron chi connectivity index (χ4n) is 1.97. The van der Waals surface area contributed by atoms with Crippen LogP contribution in [-0.4, -0.2) is 19.1 Å². The van der Waals surface area contributed by atoms with Crippen molar-refractivity contribution < 1.29 is 9.53 Å². The minimum absolute atomic E-state index is 0.233. The summed E-state index contributed by atoms with van der Waals surface area (Å²) in [7, 11) is 0. The Morgan fingerprint density at radius 2 is 2.18 bits per heavy atom. The van der Waals surface area contributed by atoms with Crippen molar-refractivity contribution in [3.63, 3.8) is 0 Å². The van der Waals surface area contributed by atoms with Crippen LogP contribution in [0.15, 0.2) is 17.7 Å². The number of aryl methyl sites for hydroxylation is 1. The van der Waals surface area contributed by atoms with Gasteiger partial charge in [0.1, 0.15) is 0 Å². The Morgan fingerprint density at radius 1 is 1.41 bits per heavy atom. The van der Waals surface area contributed by atoms with Crippen LogP contribution in [0.25, 0.3) is 6.08 Å². The predicted molar refractivity (Wildman–Crippen MR) is 69.0 cm³/mol. The van der Waals surface area contributed by atoms with Gasteiger partial charge in [-0.15, -0.1) is 0 Å². The predicted octanol–water partition coefficient (Wildman–Crippen LogP) is 2.68. The highest BCUT2D eigenvalue weighted by molar-refractivity contribution is 5.97. The fourth-order valence-corrected chi connectivity index (χ4v) is 1.97. The summed E-state index contributed by atoms with van der Waals surface area (Å²) in [6.45, 7) is 6.94. The molecule has 0 aromatic heterocycles. The molecule has 0 amide bonds. The molecule has 1 aromatic carbocycles. The van der Waals surface area contributed by atoms with Gasteiger partial charge in [0, 0.05) is 12.2 Å². The van der Waals surface area contributed by atoms with Crippen LogP contribution in [0.2, 0.25) is 0 Å². The number of carbonyl (C=O) groups is 1. The van der Waals surface area contributed by atoms with E-state index in [1.165, 1.54) is 11.1 Å². The molecule has 0 bridgehead atoms. The molecule has 1 aliphatic rings. The minimum Gasteiger partial charge on any atom is -0.463 e. The molecule has 3 heteroatoms. The van der Waals surface area contributed by atoms with E-state index in [4.69, 9.17) is 4.74 Å². The number of carbonyl (C=O) groups excluding carboxylic acids is 1. The highest BCUT2D eigenvalue weighted by Crippen LogP contribution is 2.29. The van der Waals surface area contributed by atoms with Crippen molar-refractivity contribution in [1.29, 1.82) is 0 Å². The van der Waals surface area contributed by atoms with Crippen LogP contribution in [0.3, 0.4) is 0 Å². The molecule has 1 aliphatic heterocycles. The molecule has 0 fully saturated rings. The Labute approximate surface area is 101 Å². The standard InChI is InChI=1S/C14H17NO2/c1-4-17-14(16)12-7-11-6-5-9(2)10(3)13(11)15-8-12/h5-7,15H,4,8H2,1-3H3. The molecule has 3 nitrogen and oxygen atoms in total. The van der Waals surface area contributed by atoms with Gasteiger partial charge in [0.25, 0.3) is 0 Å². The highest BCUT2D eigenvalue weighted by Gasteiger charge is 2.18. The van der Waals surface area contributed by atoms with E-state index in [2.05, 4.69) is 25.2 Å². The van der Waals surface area contributed by atoms with Crippen molar-refractivity contribution >= 4 is 17.7 Å². The molecule has 0 saturated heterocycles. The first-order chi connectivity index (χ1) is 8.13. The number of fused-ring (bicyclic) bond motifs is 1. The van der Waals surface area contributed by atoms with E-state index in [0.29, 0.717) is 18.7 Å². The molecule has 1 N–H and O–H groups in total. The first-order valence-electron chi connectivity index (χ1n) is 5.85.